The van der Waals surface area contributed by atoms with Gasteiger partial charge in [-0.15, -0.1) is 11.3 Å². The molecule has 0 aliphatic heterocycles. The Morgan fingerprint density at radius 1 is 1.24 bits per heavy atom. The Bertz CT molecular complexity index is 1180. The molecule has 3 aromatic rings. The zero-order chi connectivity index (χ0) is 24.3. The van der Waals surface area contributed by atoms with Crippen molar-refractivity contribution in [2.75, 3.05) is 29.2 Å². The molecule has 178 valence electrons. The number of hydrazine groups is 1. The van der Waals surface area contributed by atoms with Crippen LogP contribution in [0.3, 0.4) is 0 Å². The SMILES string of the molecule is [C-]#[N+]c1sc(NNC(=O)NCCCOc2ccccc2C)nc1-c1ccc(NS(=O)CO)cc1. The largest absolute Gasteiger partial charge is 0.493 e. The molecule has 2 amide bonds. The molecule has 0 saturated heterocycles. The zero-order valence-corrected chi connectivity index (χ0v) is 20.0. The number of rotatable bonds is 11. The summed E-state index contributed by atoms with van der Waals surface area (Å²) in [6, 6.07) is 14.1. The second-order valence-corrected chi connectivity index (χ2v) is 9.04. The fraction of sp³-hybridized carbons (Fsp3) is 0.227. The van der Waals surface area contributed by atoms with Crippen LogP contribution in [0.5, 0.6) is 5.75 Å². The van der Waals surface area contributed by atoms with Crippen molar-refractivity contribution in [3.8, 4) is 17.0 Å². The molecule has 1 unspecified atom stereocenters. The summed E-state index contributed by atoms with van der Waals surface area (Å²) in [4.78, 5) is 19.9. The van der Waals surface area contributed by atoms with Crippen LogP contribution in [0.4, 0.5) is 20.6 Å². The zero-order valence-electron chi connectivity index (χ0n) is 18.3. The third-order valence-electron chi connectivity index (χ3n) is 4.46. The Kier molecular flexibility index (Phi) is 9.21. The number of ether oxygens (including phenoxy) is 1. The number of nitrogens with zero attached hydrogens (tertiary/aromatic N) is 2. The number of thiazole rings is 1. The molecular weight excluding hydrogens is 476 g/mol. The van der Waals surface area contributed by atoms with Crippen molar-refractivity contribution in [2.24, 2.45) is 0 Å². The van der Waals surface area contributed by atoms with Gasteiger partial charge in [0.15, 0.2) is 5.13 Å². The minimum atomic E-state index is -1.57. The summed E-state index contributed by atoms with van der Waals surface area (Å²) in [6.07, 6.45) is 0.641. The van der Waals surface area contributed by atoms with Crippen molar-refractivity contribution in [3.63, 3.8) is 0 Å². The number of hydrogen-bond donors (Lipinski definition) is 5. The molecule has 0 spiro atoms. The van der Waals surface area contributed by atoms with Crippen LogP contribution in [-0.2, 0) is 11.0 Å². The summed E-state index contributed by atoms with van der Waals surface area (Å²) in [6.45, 7) is 10.3. The predicted octanol–water partition coefficient (Wildman–Crippen LogP) is 3.79. The molecule has 0 fully saturated rings. The van der Waals surface area contributed by atoms with E-state index in [0.717, 1.165) is 22.6 Å². The number of carbonyl (C=O) groups is 1. The molecule has 0 bridgehead atoms. The van der Waals surface area contributed by atoms with E-state index in [1.165, 1.54) is 0 Å². The Morgan fingerprint density at radius 2 is 2.00 bits per heavy atom. The molecule has 0 radical (unpaired) electrons. The number of nitrogens with one attached hydrogen (secondary N) is 4. The minimum Gasteiger partial charge on any atom is -0.493 e. The molecule has 5 N–H and O–H groups in total. The van der Waals surface area contributed by atoms with Gasteiger partial charge in [0.2, 0.25) is 0 Å². The van der Waals surface area contributed by atoms with E-state index in [2.05, 4.69) is 30.7 Å². The van der Waals surface area contributed by atoms with Crippen molar-refractivity contribution >= 4 is 44.2 Å². The number of aromatic nitrogens is 1. The Hall–Kier alpha value is -3.66. The third kappa shape index (κ3) is 7.17. The summed E-state index contributed by atoms with van der Waals surface area (Å²) in [5, 5.41) is 12.3. The Balaban J connectivity index is 1.46. The number of urea groups is 1. The lowest BCUT2D eigenvalue weighted by Crippen LogP contribution is -2.39. The van der Waals surface area contributed by atoms with E-state index in [9.17, 15) is 9.00 Å². The number of benzene rings is 2. The summed E-state index contributed by atoms with van der Waals surface area (Å²) in [7, 11) is -1.57. The molecule has 3 rings (SSSR count). The van der Waals surface area contributed by atoms with E-state index in [1.807, 2.05) is 31.2 Å². The van der Waals surface area contributed by atoms with Crippen LogP contribution in [0.25, 0.3) is 16.1 Å². The first-order chi connectivity index (χ1) is 16.5. The topological polar surface area (TPSA) is 129 Å². The van der Waals surface area contributed by atoms with Gasteiger partial charge in [-0.25, -0.2) is 24.3 Å². The molecule has 0 aliphatic rings. The molecule has 0 aliphatic carbocycles. The average molecular weight is 501 g/mol. The summed E-state index contributed by atoms with van der Waals surface area (Å²) in [5.74, 6) is 0.335. The fourth-order valence-corrected chi connectivity index (χ4v) is 4.01. The van der Waals surface area contributed by atoms with Crippen molar-refractivity contribution in [2.45, 2.75) is 13.3 Å². The molecule has 34 heavy (non-hydrogen) atoms. The summed E-state index contributed by atoms with van der Waals surface area (Å²) >= 11 is 1.11. The van der Waals surface area contributed by atoms with E-state index >= 15 is 0 Å². The minimum absolute atomic E-state index is 0.359. The molecule has 1 atom stereocenters. The standard InChI is InChI=1S/C22H24N6O4S2/c1-15-6-3-4-7-18(15)32-13-5-12-24-21(30)26-27-22-25-19(20(23-2)33-22)16-8-10-17(11-9-16)28-34(31)14-29/h3-4,6-11,28-29H,5,12-14H2,1H3,(H,25,27)(H2,24,26,30). The van der Waals surface area contributed by atoms with E-state index in [0.29, 0.717) is 46.6 Å². The van der Waals surface area contributed by atoms with Crippen LogP contribution in [0, 0.1) is 13.5 Å². The number of amides is 2. The van der Waals surface area contributed by atoms with Crippen LogP contribution < -0.4 is 25.6 Å². The quantitative estimate of drug-likeness (QED) is 0.155. The van der Waals surface area contributed by atoms with Crippen molar-refractivity contribution < 1.29 is 18.8 Å². The molecule has 0 saturated carbocycles. The highest BCUT2D eigenvalue weighted by molar-refractivity contribution is 7.86. The number of hydrogen-bond acceptors (Lipinski definition) is 7. The van der Waals surface area contributed by atoms with E-state index < -0.39 is 23.0 Å². The molecule has 2 aromatic carbocycles. The molecule has 1 aromatic heterocycles. The highest BCUT2D eigenvalue weighted by atomic mass is 32.2. The fourth-order valence-electron chi connectivity index (χ4n) is 2.82. The van der Waals surface area contributed by atoms with Crippen LogP contribution in [0.1, 0.15) is 12.0 Å². The van der Waals surface area contributed by atoms with E-state index in [-0.39, 0.29) is 0 Å². The first-order valence-corrected chi connectivity index (χ1v) is 12.4. The number of aliphatic hydroxyl groups excluding tert-OH is 1. The summed E-state index contributed by atoms with van der Waals surface area (Å²) < 4.78 is 19.7. The molecule has 1 heterocycles. The van der Waals surface area contributed by atoms with Crippen molar-refractivity contribution in [3.05, 3.63) is 65.5 Å². The van der Waals surface area contributed by atoms with Gasteiger partial charge in [0.05, 0.1) is 18.9 Å². The maximum Gasteiger partial charge on any atom is 0.333 e. The van der Waals surface area contributed by atoms with E-state index in [4.69, 9.17) is 16.4 Å². The van der Waals surface area contributed by atoms with Gasteiger partial charge < -0.3 is 19.9 Å². The van der Waals surface area contributed by atoms with Gasteiger partial charge in [0.25, 0.3) is 5.00 Å². The van der Waals surface area contributed by atoms with Crippen LogP contribution in [0.2, 0.25) is 0 Å². The lowest BCUT2D eigenvalue weighted by molar-refractivity contribution is 0.241. The number of para-hydroxylation sites is 1. The predicted molar refractivity (Wildman–Crippen MR) is 134 cm³/mol. The maximum atomic E-state index is 12.0. The lowest BCUT2D eigenvalue weighted by atomic mass is 10.1. The molecule has 12 heteroatoms. The van der Waals surface area contributed by atoms with E-state index in [1.54, 1.807) is 24.3 Å². The highest BCUT2D eigenvalue weighted by Crippen LogP contribution is 2.38. The normalized spacial score (nSPS) is 11.2. The average Bonchev–Trinajstić information content (AvgIpc) is 3.27. The van der Waals surface area contributed by atoms with Crippen LogP contribution in [0.15, 0.2) is 48.5 Å². The summed E-state index contributed by atoms with van der Waals surface area (Å²) in [5.41, 5.74) is 8.01. The number of aryl methyl sites for hydroxylation is 1. The Labute approximate surface area is 203 Å². The van der Waals surface area contributed by atoms with Gasteiger partial charge in [-0.1, -0.05) is 30.3 Å². The van der Waals surface area contributed by atoms with Gasteiger partial charge in [0, 0.05) is 12.2 Å². The number of aliphatic hydroxyl groups is 1. The maximum absolute atomic E-state index is 12.0. The third-order valence-corrected chi connectivity index (χ3v) is 6.02. The molecule has 10 nitrogen and oxygen atoms in total. The van der Waals surface area contributed by atoms with Gasteiger partial charge >= 0.3 is 6.03 Å². The smallest absolute Gasteiger partial charge is 0.333 e. The van der Waals surface area contributed by atoms with Gasteiger partial charge in [-0.3, -0.25) is 5.43 Å². The second-order valence-electron chi connectivity index (χ2n) is 6.91. The van der Waals surface area contributed by atoms with Gasteiger partial charge in [-0.05, 0) is 42.7 Å². The second kappa shape index (κ2) is 12.5. The van der Waals surface area contributed by atoms with Crippen molar-refractivity contribution in [1.29, 1.82) is 0 Å². The highest BCUT2D eigenvalue weighted by Gasteiger charge is 2.14. The van der Waals surface area contributed by atoms with Crippen molar-refractivity contribution in [1.82, 2.24) is 15.7 Å². The van der Waals surface area contributed by atoms with Gasteiger partial charge in [-0.2, -0.15) is 0 Å². The first-order valence-electron chi connectivity index (χ1n) is 10.2. The Morgan fingerprint density at radius 3 is 2.71 bits per heavy atom. The first kappa shape index (κ1) is 25.0. The van der Waals surface area contributed by atoms with Crippen LogP contribution >= 0.6 is 11.3 Å². The van der Waals surface area contributed by atoms with Gasteiger partial charge in [0.1, 0.15) is 22.7 Å². The monoisotopic (exact) mass is 500 g/mol. The lowest BCUT2D eigenvalue weighted by Gasteiger charge is -2.10. The number of anilines is 2. The molecular formula is C22H24N6O4S2. The number of carbonyl (C=O) groups excluding carboxylic acids is 1. The van der Waals surface area contributed by atoms with Crippen LogP contribution in [-0.4, -0.2) is 39.4 Å².